The smallest absolute Gasteiger partial charge is 0.246 e. The van der Waals surface area contributed by atoms with Crippen LogP contribution in [0.1, 0.15) is 13.3 Å². The monoisotopic (exact) mass is 99.1 g/mol. The van der Waals surface area contributed by atoms with Gasteiger partial charge in [0, 0.05) is 6.42 Å². The summed E-state index contributed by atoms with van der Waals surface area (Å²) >= 11 is 0. The van der Waals surface area contributed by atoms with Gasteiger partial charge in [0.15, 0.2) is 0 Å². The van der Waals surface area contributed by atoms with Gasteiger partial charge in [0.2, 0.25) is 6.04 Å². The van der Waals surface area contributed by atoms with E-state index < -0.39 is 0 Å². The van der Waals surface area contributed by atoms with E-state index in [0.717, 1.165) is 6.42 Å². The summed E-state index contributed by atoms with van der Waals surface area (Å²) in [5.74, 6) is 0. The van der Waals surface area contributed by atoms with Gasteiger partial charge in [0.1, 0.15) is 6.61 Å². The standard InChI is InChI=1S/C5H9NO/c1-3-5(4-7)6-2/h5,7H,3-4H2,1H3. The largest absolute Gasteiger partial charge is 0.388 e. The van der Waals surface area contributed by atoms with Gasteiger partial charge in [0.25, 0.3) is 0 Å². The molecular weight excluding hydrogens is 90.1 g/mol. The van der Waals surface area contributed by atoms with Crippen LogP contribution in [0.4, 0.5) is 0 Å². The van der Waals surface area contributed by atoms with E-state index in [1.807, 2.05) is 6.92 Å². The second kappa shape index (κ2) is 3.63. The van der Waals surface area contributed by atoms with Gasteiger partial charge in [-0.2, -0.15) is 0 Å². The summed E-state index contributed by atoms with van der Waals surface area (Å²) in [4.78, 5) is 3.12. The lowest BCUT2D eigenvalue weighted by atomic mass is 10.3. The maximum atomic E-state index is 8.31. The molecule has 0 aliphatic heterocycles. The molecule has 0 fully saturated rings. The Labute approximate surface area is 43.6 Å². The summed E-state index contributed by atoms with van der Waals surface area (Å²) in [5.41, 5.74) is 0. The zero-order valence-corrected chi connectivity index (χ0v) is 4.39. The minimum absolute atomic E-state index is 0. The Hall–Kier alpha value is -0.550. The molecule has 2 heteroatoms. The molecule has 0 saturated heterocycles. The van der Waals surface area contributed by atoms with Crippen LogP contribution in [0, 0.1) is 6.57 Å². The molecule has 1 N–H and O–H groups in total. The Morgan fingerprint density at radius 3 is 2.43 bits per heavy atom. The lowest BCUT2D eigenvalue weighted by molar-refractivity contribution is 0.278. The van der Waals surface area contributed by atoms with Crippen LogP contribution >= 0.6 is 0 Å². The molecule has 0 saturated carbocycles. The van der Waals surface area contributed by atoms with Gasteiger partial charge in [0.05, 0.1) is 0 Å². The highest BCUT2D eigenvalue weighted by molar-refractivity contribution is 4.74. The van der Waals surface area contributed by atoms with E-state index in [4.69, 9.17) is 11.7 Å². The van der Waals surface area contributed by atoms with Crippen molar-refractivity contribution in [3.8, 4) is 0 Å². The fourth-order valence-electron chi connectivity index (χ4n) is 0.261. The van der Waals surface area contributed by atoms with E-state index in [1.54, 1.807) is 0 Å². The molecule has 0 aliphatic carbocycles. The van der Waals surface area contributed by atoms with E-state index >= 15 is 0 Å². The number of nitrogens with zero attached hydrogens (tertiary/aromatic N) is 1. The first-order valence-corrected chi connectivity index (χ1v) is 2.32. The fraction of sp³-hybridized carbons (Fsp3) is 0.800. The van der Waals surface area contributed by atoms with Crippen molar-refractivity contribution in [1.82, 2.24) is 0 Å². The zero-order chi connectivity index (χ0) is 5.70. The third-order valence-corrected chi connectivity index (χ3v) is 0.865. The fourth-order valence-corrected chi connectivity index (χ4v) is 0.261. The van der Waals surface area contributed by atoms with Gasteiger partial charge in [-0.25, -0.2) is 6.57 Å². The molecule has 0 aromatic carbocycles. The second-order valence-corrected chi connectivity index (χ2v) is 1.37. The van der Waals surface area contributed by atoms with Crippen molar-refractivity contribution in [3.63, 3.8) is 0 Å². The first-order valence-electron chi connectivity index (χ1n) is 2.32. The molecular formula is C5H9NO. The van der Waals surface area contributed by atoms with Gasteiger partial charge in [-0.3, -0.25) is 0 Å². The number of aliphatic hydroxyl groups excluding tert-OH is 1. The number of aliphatic hydroxyl groups is 1. The third-order valence-electron chi connectivity index (χ3n) is 0.865. The summed E-state index contributed by atoms with van der Waals surface area (Å²) in [6, 6.07) is -0.167. The predicted molar refractivity (Wildman–Crippen MR) is 27.8 cm³/mol. The normalized spacial score (nSPS) is 12.7. The van der Waals surface area contributed by atoms with Crippen LogP contribution in [0.3, 0.4) is 0 Å². The molecule has 0 aliphatic rings. The summed E-state index contributed by atoms with van der Waals surface area (Å²) in [5, 5.41) is 8.31. The Kier molecular flexibility index (Phi) is 3.35. The van der Waals surface area contributed by atoms with E-state index in [9.17, 15) is 0 Å². The molecule has 0 rings (SSSR count). The van der Waals surface area contributed by atoms with Gasteiger partial charge >= 0.3 is 0 Å². The second-order valence-electron chi connectivity index (χ2n) is 1.37. The molecule has 0 radical (unpaired) electrons. The molecule has 0 aromatic rings. The van der Waals surface area contributed by atoms with Crippen molar-refractivity contribution in [2.45, 2.75) is 19.4 Å². The van der Waals surface area contributed by atoms with Gasteiger partial charge in [-0.15, -0.1) is 0 Å². The summed E-state index contributed by atoms with van der Waals surface area (Å²) in [6.45, 7) is 8.31. The highest BCUT2D eigenvalue weighted by Gasteiger charge is 2.03. The zero-order valence-electron chi connectivity index (χ0n) is 4.39. The Balaban J connectivity index is 3.23. The Morgan fingerprint density at radius 2 is 2.43 bits per heavy atom. The molecule has 1 atom stereocenters. The molecule has 2 nitrogen and oxygen atoms in total. The van der Waals surface area contributed by atoms with Gasteiger partial charge in [-0.05, 0) is 0 Å². The molecule has 40 valence electrons. The number of rotatable bonds is 2. The highest BCUT2D eigenvalue weighted by Crippen LogP contribution is 1.92. The van der Waals surface area contributed by atoms with E-state index in [0.29, 0.717) is 0 Å². The van der Waals surface area contributed by atoms with Crippen LogP contribution in [0.5, 0.6) is 0 Å². The van der Waals surface area contributed by atoms with Crippen LogP contribution in [-0.4, -0.2) is 17.8 Å². The average Bonchev–Trinajstić information content (AvgIpc) is 1.72. The van der Waals surface area contributed by atoms with Crippen LogP contribution in [0.15, 0.2) is 0 Å². The third kappa shape index (κ3) is 2.18. The van der Waals surface area contributed by atoms with Crippen molar-refractivity contribution in [2.24, 2.45) is 0 Å². The minimum Gasteiger partial charge on any atom is -0.388 e. The topological polar surface area (TPSA) is 24.6 Å². The summed E-state index contributed by atoms with van der Waals surface area (Å²) in [7, 11) is 0. The first-order chi connectivity index (χ1) is 3.35. The van der Waals surface area contributed by atoms with Crippen LogP contribution in [0.25, 0.3) is 4.85 Å². The molecule has 0 aromatic heterocycles. The number of hydrogen-bond donors (Lipinski definition) is 1. The van der Waals surface area contributed by atoms with Gasteiger partial charge < -0.3 is 9.95 Å². The molecule has 0 spiro atoms. The van der Waals surface area contributed by atoms with Crippen molar-refractivity contribution in [2.75, 3.05) is 6.61 Å². The first kappa shape index (κ1) is 6.45. The molecule has 0 heterocycles. The maximum Gasteiger partial charge on any atom is 0.246 e. The summed E-state index contributed by atoms with van der Waals surface area (Å²) < 4.78 is 0. The minimum atomic E-state index is -0.167. The Morgan fingerprint density at radius 1 is 1.86 bits per heavy atom. The maximum absolute atomic E-state index is 8.31. The lowest BCUT2D eigenvalue weighted by Gasteiger charge is -1.91. The van der Waals surface area contributed by atoms with Crippen molar-refractivity contribution >= 4 is 0 Å². The van der Waals surface area contributed by atoms with Crippen LogP contribution in [-0.2, 0) is 0 Å². The van der Waals surface area contributed by atoms with Crippen molar-refractivity contribution in [3.05, 3.63) is 11.4 Å². The van der Waals surface area contributed by atoms with E-state index in [1.165, 1.54) is 0 Å². The molecule has 0 amide bonds. The van der Waals surface area contributed by atoms with Crippen molar-refractivity contribution in [1.29, 1.82) is 0 Å². The van der Waals surface area contributed by atoms with Gasteiger partial charge in [-0.1, -0.05) is 6.92 Å². The lowest BCUT2D eigenvalue weighted by Crippen LogP contribution is -2.04. The van der Waals surface area contributed by atoms with E-state index in [-0.39, 0.29) is 12.6 Å². The summed E-state index contributed by atoms with van der Waals surface area (Å²) in [6.07, 6.45) is 0.750. The van der Waals surface area contributed by atoms with Crippen LogP contribution in [0.2, 0.25) is 0 Å². The number of hydrogen-bond acceptors (Lipinski definition) is 1. The molecule has 1 unspecified atom stereocenters. The van der Waals surface area contributed by atoms with E-state index in [2.05, 4.69) is 4.85 Å². The molecule has 0 bridgehead atoms. The SMILES string of the molecule is [C-]#[N+]C(CC)CO. The predicted octanol–water partition coefficient (Wildman–Crippen LogP) is 0.677. The Bertz CT molecular complexity index is 70.6. The van der Waals surface area contributed by atoms with Crippen LogP contribution < -0.4 is 0 Å². The molecule has 7 heavy (non-hydrogen) atoms. The quantitative estimate of drug-likeness (QED) is 0.506. The average molecular weight is 99.1 g/mol. The van der Waals surface area contributed by atoms with Crippen molar-refractivity contribution < 1.29 is 5.11 Å². The highest BCUT2D eigenvalue weighted by atomic mass is 16.3.